The van der Waals surface area contributed by atoms with Crippen LogP contribution in [0.5, 0.6) is 0 Å². The summed E-state index contributed by atoms with van der Waals surface area (Å²) in [6, 6.07) is 9.35. The van der Waals surface area contributed by atoms with Gasteiger partial charge in [-0.2, -0.15) is 0 Å². The molecule has 0 saturated carbocycles. The molecule has 0 radical (unpaired) electrons. The Bertz CT molecular complexity index is 594. The van der Waals surface area contributed by atoms with Crippen molar-refractivity contribution in [3.63, 3.8) is 0 Å². The first-order valence-corrected chi connectivity index (χ1v) is 9.44. The van der Waals surface area contributed by atoms with Gasteiger partial charge < -0.3 is 5.32 Å². The third-order valence-corrected chi connectivity index (χ3v) is 6.36. The summed E-state index contributed by atoms with van der Waals surface area (Å²) < 4.78 is 1.21. The zero-order valence-electron chi connectivity index (χ0n) is 12.6. The first-order chi connectivity index (χ1) is 10.3. The normalized spacial score (nSPS) is 21.2. The van der Waals surface area contributed by atoms with E-state index >= 15 is 0 Å². The van der Waals surface area contributed by atoms with Crippen molar-refractivity contribution in [2.45, 2.75) is 48.7 Å². The van der Waals surface area contributed by atoms with Gasteiger partial charge in [0.15, 0.2) is 0 Å². The van der Waals surface area contributed by atoms with E-state index in [0.717, 1.165) is 12.2 Å². The van der Waals surface area contributed by atoms with E-state index in [-0.39, 0.29) is 0 Å². The molecule has 1 aromatic carbocycles. The van der Waals surface area contributed by atoms with Gasteiger partial charge >= 0.3 is 0 Å². The van der Waals surface area contributed by atoms with Crippen LogP contribution >= 0.6 is 23.1 Å². The molecule has 0 saturated heterocycles. The number of aryl methyl sites for hydroxylation is 2. The largest absolute Gasteiger partial charge is 0.309 e. The number of hydrogen-bond donors (Lipinski definition) is 1. The minimum atomic E-state index is 0.448. The molecule has 2 aromatic rings. The van der Waals surface area contributed by atoms with Crippen LogP contribution in [0.25, 0.3) is 0 Å². The van der Waals surface area contributed by atoms with Crippen LogP contribution in [0.3, 0.4) is 0 Å². The minimum absolute atomic E-state index is 0.448. The van der Waals surface area contributed by atoms with E-state index in [1.54, 1.807) is 11.3 Å². The Balaban J connectivity index is 1.82. The van der Waals surface area contributed by atoms with Crippen LogP contribution in [0, 0.1) is 6.92 Å². The van der Waals surface area contributed by atoms with Gasteiger partial charge in [-0.1, -0.05) is 43.0 Å². The van der Waals surface area contributed by atoms with Crippen LogP contribution in [-0.2, 0) is 6.42 Å². The average molecular weight is 319 g/mol. The molecule has 2 unspecified atom stereocenters. The number of nitrogens with one attached hydrogen (secondary N) is 1. The van der Waals surface area contributed by atoms with E-state index < -0.39 is 0 Å². The topological polar surface area (TPSA) is 24.9 Å². The molecule has 2 nitrogen and oxygen atoms in total. The van der Waals surface area contributed by atoms with Gasteiger partial charge in [0.2, 0.25) is 0 Å². The van der Waals surface area contributed by atoms with Crippen LogP contribution in [0.1, 0.15) is 42.6 Å². The van der Waals surface area contributed by atoms with Crippen molar-refractivity contribution in [3.05, 3.63) is 46.5 Å². The molecule has 0 fully saturated rings. The zero-order valence-corrected chi connectivity index (χ0v) is 14.3. The molecule has 2 atom stereocenters. The van der Waals surface area contributed by atoms with Crippen molar-refractivity contribution in [2.75, 3.05) is 6.54 Å². The molecular formula is C17H22N2S2. The van der Waals surface area contributed by atoms with Crippen molar-refractivity contribution in [3.8, 4) is 0 Å². The SMILES string of the molecule is CCCNC1c2ccccc2CCC1Sc1nc(C)cs1. The van der Waals surface area contributed by atoms with Gasteiger partial charge in [-0.25, -0.2) is 4.98 Å². The molecular weight excluding hydrogens is 296 g/mol. The molecule has 1 heterocycles. The molecule has 1 aliphatic carbocycles. The van der Waals surface area contributed by atoms with E-state index in [1.165, 1.54) is 34.7 Å². The Labute approximate surface area is 135 Å². The number of benzene rings is 1. The summed E-state index contributed by atoms with van der Waals surface area (Å²) >= 11 is 3.73. The molecule has 112 valence electrons. The standard InChI is InChI=1S/C17H22N2S2/c1-3-10-18-16-14-7-5-4-6-13(14)8-9-15(16)21-17-19-12(2)11-20-17/h4-7,11,15-16,18H,3,8-10H2,1-2H3. The Hall–Kier alpha value is -0.840. The lowest BCUT2D eigenvalue weighted by molar-refractivity contribution is 0.472. The highest BCUT2D eigenvalue weighted by Crippen LogP contribution is 2.40. The van der Waals surface area contributed by atoms with Gasteiger partial charge in [-0.3, -0.25) is 0 Å². The van der Waals surface area contributed by atoms with Crippen LogP contribution in [0.4, 0.5) is 0 Å². The van der Waals surface area contributed by atoms with E-state index in [2.05, 4.69) is 53.8 Å². The fourth-order valence-corrected chi connectivity index (χ4v) is 5.24. The first-order valence-electron chi connectivity index (χ1n) is 7.68. The highest BCUT2D eigenvalue weighted by atomic mass is 32.2. The summed E-state index contributed by atoms with van der Waals surface area (Å²) in [5, 5.41) is 6.49. The Kier molecular flexibility index (Phi) is 4.99. The molecule has 0 amide bonds. The van der Waals surface area contributed by atoms with Gasteiger partial charge in [0.1, 0.15) is 4.34 Å². The zero-order chi connectivity index (χ0) is 14.7. The lowest BCUT2D eigenvalue weighted by Crippen LogP contribution is -2.34. The maximum Gasteiger partial charge on any atom is 0.150 e. The molecule has 0 aliphatic heterocycles. The number of thioether (sulfide) groups is 1. The summed E-state index contributed by atoms with van der Waals surface area (Å²) in [7, 11) is 0. The van der Waals surface area contributed by atoms with Crippen molar-refractivity contribution in [1.82, 2.24) is 10.3 Å². The van der Waals surface area contributed by atoms with Crippen LogP contribution < -0.4 is 5.32 Å². The van der Waals surface area contributed by atoms with E-state index in [1.807, 2.05) is 11.8 Å². The third kappa shape index (κ3) is 3.50. The van der Waals surface area contributed by atoms with Gasteiger partial charge in [0, 0.05) is 22.4 Å². The lowest BCUT2D eigenvalue weighted by Gasteiger charge is -2.33. The fourth-order valence-electron chi connectivity index (χ4n) is 2.91. The number of aromatic nitrogens is 1. The molecule has 21 heavy (non-hydrogen) atoms. The van der Waals surface area contributed by atoms with Crippen LogP contribution in [0.2, 0.25) is 0 Å². The predicted octanol–water partition coefficient (Wildman–Crippen LogP) is 4.60. The number of nitrogens with zero attached hydrogens (tertiary/aromatic N) is 1. The first kappa shape index (κ1) is 15.1. The predicted molar refractivity (Wildman–Crippen MR) is 92.3 cm³/mol. The second-order valence-electron chi connectivity index (χ2n) is 5.58. The monoisotopic (exact) mass is 318 g/mol. The molecule has 1 N–H and O–H groups in total. The maximum atomic E-state index is 4.63. The lowest BCUT2D eigenvalue weighted by atomic mass is 9.87. The van der Waals surface area contributed by atoms with E-state index in [4.69, 9.17) is 0 Å². The van der Waals surface area contributed by atoms with Crippen LogP contribution in [-0.4, -0.2) is 16.8 Å². The number of thiazole rings is 1. The van der Waals surface area contributed by atoms with E-state index in [0.29, 0.717) is 11.3 Å². The van der Waals surface area contributed by atoms with Crippen molar-refractivity contribution in [2.24, 2.45) is 0 Å². The fraction of sp³-hybridized carbons (Fsp3) is 0.471. The number of fused-ring (bicyclic) bond motifs is 1. The Morgan fingerprint density at radius 1 is 1.38 bits per heavy atom. The van der Waals surface area contributed by atoms with Gasteiger partial charge in [-0.15, -0.1) is 11.3 Å². The smallest absolute Gasteiger partial charge is 0.150 e. The second kappa shape index (κ2) is 6.95. The van der Waals surface area contributed by atoms with E-state index in [9.17, 15) is 0 Å². The molecule has 1 aromatic heterocycles. The van der Waals surface area contributed by atoms with Gasteiger partial charge in [-0.05, 0) is 43.9 Å². The van der Waals surface area contributed by atoms with Crippen molar-refractivity contribution >= 4 is 23.1 Å². The van der Waals surface area contributed by atoms with Gasteiger partial charge in [0.25, 0.3) is 0 Å². The summed E-state index contributed by atoms with van der Waals surface area (Å²) in [6.07, 6.45) is 3.58. The molecule has 0 spiro atoms. The molecule has 3 rings (SSSR count). The van der Waals surface area contributed by atoms with Crippen LogP contribution in [0.15, 0.2) is 34.0 Å². The van der Waals surface area contributed by atoms with Gasteiger partial charge in [0.05, 0.1) is 0 Å². The molecule has 0 bridgehead atoms. The molecule has 4 heteroatoms. The quantitative estimate of drug-likeness (QED) is 0.872. The van der Waals surface area contributed by atoms with Crippen molar-refractivity contribution < 1.29 is 0 Å². The van der Waals surface area contributed by atoms with Crippen molar-refractivity contribution in [1.29, 1.82) is 0 Å². The summed E-state index contributed by atoms with van der Waals surface area (Å²) in [6.45, 7) is 5.38. The molecule has 1 aliphatic rings. The number of rotatable bonds is 5. The maximum absolute atomic E-state index is 4.63. The summed E-state index contributed by atoms with van der Waals surface area (Å²) in [5.74, 6) is 0. The number of hydrogen-bond acceptors (Lipinski definition) is 4. The third-order valence-electron chi connectivity index (χ3n) is 3.92. The average Bonchev–Trinajstić information content (AvgIpc) is 2.91. The Morgan fingerprint density at radius 3 is 3.00 bits per heavy atom. The summed E-state index contributed by atoms with van der Waals surface area (Å²) in [4.78, 5) is 4.63. The highest BCUT2D eigenvalue weighted by molar-refractivity contribution is 8.01. The Morgan fingerprint density at radius 2 is 2.24 bits per heavy atom. The summed E-state index contributed by atoms with van der Waals surface area (Å²) in [5.41, 5.74) is 4.14. The second-order valence-corrected chi connectivity index (χ2v) is 7.92. The minimum Gasteiger partial charge on any atom is -0.309 e. The highest BCUT2D eigenvalue weighted by Gasteiger charge is 2.30.